The van der Waals surface area contributed by atoms with Gasteiger partial charge in [-0.1, -0.05) is 19.4 Å². The van der Waals surface area contributed by atoms with Crippen LogP contribution in [0.5, 0.6) is 11.5 Å². The molecular formula is C13H20O3. The molecule has 1 aromatic carbocycles. The Balaban J connectivity index is 3.00. The normalized spacial score (nSPS) is 10.4. The summed E-state index contributed by atoms with van der Waals surface area (Å²) in [6.45, 7) is 2.14. The number of unbranched alkanes of at least 4 members (excludes halogenated alkanes) is 1. The average molecular weight is 224 g/mol. The van der Waals surface area contributed by atoms with Crippen molar-refractivity contribution >= 4 is 0 Å². The molecule has 90 valence electrons. The zero-order chi connectivity index (χ0) is 12.0. The van der Waals surface area contributed by atoms with Crippen molar-refractivity contribution in [3.63, 3.8) is 0 Å². The SMILES string of the molecule is CCCCc1ccc(OC)c(CCO)c1O. The Morgan fingerprint density at radius 1 is 1.25 bits per heavy atom. The van der Waals surface area contributed by atoms with Crippen molar-refractivity contribution in [3.05, 3.63) is 23.3 Å². The Labute approximate surface area is 96.7 Å². The maximum Gasteiger partial charge on any atom is 0.125 e. The molecule has 2 N–H and O–H groups in total. The van der Waals surface area contributed by atoms with Crippen LogP contribution in [0.25, 0.3) is 0 Å². The molecule has 0 aliphatic carbocycles. The largest absolute Gasteiger partial charge is 0.507 e. The summed E-state index contributed by atoms with van der Waals surface area (Å²) >= 11 is 0. The molecule has 16 heavy (non-hydrogen) atoms. The molecule has 0 atom stereocenters. The number of benzene rings is 1. The second-order valence-corrected chi connectivity index (χ2v) is 3.83. The van der Waals surface area contributed by atoms with Crippen LogP contribution in [0.4, 0.5) is 0 Å². The number of aliphatic hydroxyl groups is 1. The molecule has 0 aliphatic rings. The van der Waals surface area contributed by atoms with Gasteiger partial charge in [0.15, 0.2) is 0 Å². The van der Waals surface area contributed by atoms with Gasteiger partial charge in [0, 0.05) is 18.6 Å². The van der Waals surface area contributed by atoms with Crippen molar-refractivity contribution in [1.29, 1.82) is 0 Å². The van der Waals surface area contributed by atoms with Gasteiger partial charge in [0.25, 0.3) is 0 Å². The van der Waals surface area contributed by atoms with Crippen LogP contribution in [0.3, 0.4) is 0 Å². The van der Waals surface area contributed by atoms with E-state index < -0.39 is 0 Å². The molecule has 0 aliphatic heterocycles. The van der Waals surface area contributed by atoms with Crippen LogP contribution >= 0.6 is 0 Å². The Kier molecular flexibility index (Phi) is 5.12. The van der Waals surface area contributed by atoms with E-state index in [9.17, 15) is 5.11 Å². The van der Waals surface area contributed by atoms with Crippen LogP contribution < -0.4 is 4.74 Å². The van der Waals surface area contributed by atoms with E-state index in [1.54, 1.807) is 7.11 Å². The molecule has 0 heterocycles. The van der Waals surface area contributed by atoms with E-state index in [1.807, 2.05) is 12.1 Å². The lowest BCUT2D eigenvalue weighted by Gasteiger charge is -2.13. The minimum absolute atomic E-state index is 0.0150. The number of hydrogen-bond acceptors (Lipinski definition) is 3. The fourth-order valence-electron chi connectivity index (χ4n) is 1.78. The zero-order valence-electron chi connectivity index (χ0n) is 9.99. The van der Waals surface area contributed by atoms with Crippen LogP contribution in [0.2, 0.25) is 0 Å². The van der Waals surface area contributed by atoms with Crippen molar-refractivity contribution in [3.8, 4) is 11.5 Å². The Bertz CT molecular complexity index is 334. The van der Waals surface area contributed by atoms with Gasteiger partial charge in [-0.3, -0.25) is 0 Å². The summed E-state index contributed by atoms with van der Waals surface area (Å²) in [5.41, 5.74) is 1.64. The molecule has 0 spiro atoms. The summed E-state index contributed by atoms with van der Waals surface area (Å²) in [4.78, 5) is 0. The molecule has 0 aromatic heterocycles. The van der Waals surface area contributed by atoms with Crippen molar-refractivity contribution in [1.82, 2.24) is 0 Å². The van der Waals surface area contributed by atoms with Gasteiger partial charge in [-0.25, -0.2) is 0 Å². The maximum absolute atomic E-state index is 10.1. The first-order valence-corrected chi connectivity index (χ1v) is 5.73. The quantitative estimate of drug-likeness (QED) is 0.779. The molecule has 1 aromatic rings. The lowest BCUT2D eigenvalue weighted by molar-refractivity contribution is 0.293. The van der Waals surface area contributed by atoms with Crippen molar-refractivity contribution in [2.45, 2.75) is 32.6 Å². The number of hydrogen-bond donors (Lipinski definition) is 2. The van der Waals surface area contributed by atoms with Gasteiger partial charge in [-0.2, -0.15) is 0 Å². The zero-order valence-corrected chi connectivity index (χ0v) is 9.99. The van der Waals surface area contributed by atoms with Crippen molar-refractivity contribution in [2.24, 2.45) is 0 Å². The highest BCUT2D eigenvalue weighted by Crippen LogP contribution is 2.32. The predicted octanol–water partition coefficient (Wildman–Crippen LogP) is 2.28. The summed E-state index contributed by atoms with van der Waals surface area (Å²) in [6.07, 6.45) is 3.44. The molecule has 1 rings (SSSR count). The summed E-state index contributed by atoms with van der Waals surface area (Å²) in [7, 11) is 1.57. The molecule has 0 amide bonds. The molecule has 0 radical (unpaired) electrons. The van der Waals surface area contributed by atoms with E-state index in [4.69, 9.17) is 9.84 Å². The maximum atomic E-state index is 10.1. The van der Waals surface area contributed by atoms with Gasteiger partial charge in [-0.05, 0) is 24.5 Å². The highest BCUT2D eigenvalue weighted by molar-refractivity contribution is 5.49. The van der Waals surface area contributed by atoms with Gasteiger partial charge in [-0.15, -0.1) is 0 Å². The molecule has 3 heteroatoms. The fourth-order valence-corrected chi connectivity index (χ4v) is 1.78. The number of aliphatic hydroxyl groups excluding tert-OH is 1. The van der Waals surface area contributed by atoms with Gasteiger partial charge in [0.2, 0.25) is 0 Å². The molecule has 0 bridgehead atoms. The Morgan fingerprint density at radius 2 is 2.00 bits per heavy atom. The highest BCUT2D eigenvalue weighted by Gasteiger charge is 2.12. The second-order valence-electron chi connectivity index (χ2n) is 3.83. The topological polar surface area (TPSA) is 49.7 Å². The minimum Gasteiger partial charge on any atom is -0.507 e. The number of aryl methyl sites for hydroxylation is 1. The smallest absolute Gasteiger partial charge is 0.125 e. The summed E-state index contributed by atoms with van der Waals surface area (Å²) in [5.74, 6) is 0.925. The number of methoxy groups -OCH3 is 1. The Morgan fingerprint density at radius 3 is 2.56 bits per heavy atom. The van der Waals surface area contributed by atoms with Crippen LogP contribution in [0.15, 0.2) is 12.1 Å². The Hall–Kier alpha value is -1.22. The number of phenols is 1. The summed E-state index contributed by atoms with van der Waals surface area (Å²) < 4.78 is 5.17. The van der Waals surface area contributed by atoms with Crippen molar-refractivity contribution in [2.75, 3.05) is 13.7 Å². The molecule has 3 nitrogen and oxygen atoms in total. The number of phenolic OH excluding ortho intramolecular Hbond substituents is 1. The molecule has 0 saturated carbocycles. The lowest BCUT2D eigenvalue weighted by atomic mass is 10.0. The van der Waals surface area contributed by atoms with E-state index in [0.717, 1.165) is 24.8 Å². The second kappa shape index (κ2) is 6.38. The first-order chi connectivity index (χ1) is 7.74. The summed E-state index contributed by atoms with van der Waals surface area (Å²) in [5, 5.41) is 19.0. The van der Waals surface area contributed by atoms with Crippen LogP contribution in [-0.2, 0) is 12.8 Å². The van der Waals surface area contributed by atoms with Gasteiger partial charge >= 0.3 is 0 Å². The lowest BCUT2D eigenvalue weighted by Crippen LogP contribution is -1.99. The van der Waals surface area contributed by atoms with E-state index >= 15 is 0 Å². The minimum atomic E-state index is 0.0150. The summed E-state index contributed by atoms with van der Waals surface area (Å²) in [6, 6.07) is 3.75. The molecule has 0 saturated heterocycles. The number of aromatic hydroxyl groups is 1. The third-order valence-electron chi connectivity index (χ3n) is 2.70. The van der Waals surface area contributed by atoms with E-state index in [2.05, 4.69) is 6.92 Å². The number of rotatable bonds is 6. The standard InChI is InChI=1S/C13H20O3/c1-3-4-5-10-6-7-12(16-2)11(8-9-14)13(10)15/h6-7,14-15H,3-5,8-9H2,1-2H3. The number of ether oxygens (including phenoxy) is 1. The van der Waals surface area contributed by atoms with E-state index in [1.165, 1.54) is 0 Å². The third kappa shape index (κ3) is 2.89. The molecular weight excluding hydrogens is 204 g/mol. The van der Waals surface area contributed by atoms with Crippen LogP contribution in [0, 0.1) is 0 Å². The highest BCUT2D eigenvalue weighted by atomic mass is 16.5. The fraction of sp³-hybridized carbons (Fsp3) is 0.538. The first-order valence-electron chi connectivity index (χ1n) is 5.73. The van der Waals surface area contributed by atoms with Crippen molar-refractivity contribution < 1.29 is 14.9 Å². The first kappa shape index (κ1) is 12.8. The van der Waals surface area contributed by atoms with Gasteiger partial charge < -0.3 is 14.9 Å². The van der Waals surface area contributed by atoms with E-state index in [-0.39, 0.29) is 12.4 Å². The molecule has 0 fully saturated rings. The molecule has 0 unspecified atom stereocenters. The predicted molar refractivity (Wildman–Crippen MR) is 64.1 cm³/mol. The third-order valence-corrected chi connectivity index (χ3v) is 2.70. The average Bonchev–Trinajstić information content (AvgIpc) is 2.30. The van der Waals surface area contributed by atoms with Crippen LogP contribution in [-0.4, -0.2) is 23.9 Å². The van der Waals surface area contributed by atoms with Gasteiger partial charge in [0.05, 0.1) is 7.11 Å². The van der Waals surface area contributed by atoms with Crippen LogP contribution in [0.1, 0.15) is 30.9 Å². The van der Waals surface area contributed by atoms with Gasteiger partial charge in [0.1, 0.15) is 11.5 Å². The van der Waals surface area contributed by atoms with E-state index in [0.29, 0.717) is 17.7 Å². The monoisotopic (exact) mass is 224 g/mol.